The van der Waals surface area contributed by atoms with E-state index < -0.39 is 4.70 Å². The van der Waals surface area contributed by atoms with Gasteiger partial charge in [-0.05, 0) is 41.7 Å². The van der Waals surface area contributed by atoms with E-state index in [4.69, 9.17) is 10.7 Å². The van der Waals surface area contributed by atoms with Gasteiger partial charge in [-0.1, -0.05) is 18.2 Å². The largest absolute Gasteiger partial charge is 0.754 e. The molecule has 0 radical (unpaired) electrons. The van der Waals surface area contributed by atoms with Gasteiger partial charge in [0.1, 0.15) is 0 Å². The van der Waals surface area contributed by atoms with Crippen LogP contribution in [-0.2, 0) is 0 Å². The van der Waals surface area contributed by atoms with Gasteiger partial charge in [-0.15, -0.1) is 0 Å². The highest BCUT2D eigenvalue weighted by Gasteiger charge is 2.08. The Morgan fingerprint density at radius 3 is 1.95 bits per heavy atom. The Labute approximate surface area is 123 Å². The molecule has 0 saturated heterocycles. The number of hydrogen-bond acceptors (Lipinski definition) is 5. The fourth-order valence-corrected chi connectivity index (χ4v) is 1.55. The summed E-state index contributed by atoms with van der Waals surface area (Å²) in [6.07, 6.45) is 0. The molecule has 0 spiro atoms. The van der Waals surface area contributed by atoms with Gasteiger partial charge in [0, 0.05) is 11.4 Å². The highest BCUT2D eigenvalue weighted by molar-refractivity contribution is 5.64. The molecule has 21 heavy (non-hydrogen) atoms. The minimum atomic E-state index is -0.764. The van der Waals surface area contributed by atoms with Crippen LogP contribution in [0.25, 0.3) is 5.84 Å². The third kappa shape index (κ3) is 3.91. The van der Waals surface area contributed by atoms with Crippen LogP contribution < -0.4 is 9.90 Å². The summed E-state index contributed by atoms with van der Waals surface area (Å²) in [6.45, 7) is 0. The third-order valence-corrected chi connectivity index (χ3v) is 2.65. The van der Waals surface area contributed by atoms with E-state index in [1.807, 2.05) is 6.07 Å². The van der Waals surface area contributed by atoms with Gasteiger partial charge in [-0.2, -0.15) is 0 Å². The van der Waals surface area contributed by atoms with E-state index in [-0.39, 0.29) is 11.1 Å². The number of anilines is 2. The first kappa shape index (κ1) is 15.2. The molecule has 7 nitrogen and oxygen atoms in total. The van der Waals surface area contributed by atoms with Crippen LogP contribution in [0.15, 0.2) is 54.6 Å². The molecule has 0 aliphatic rings. The normalized spacial score (nSPS) is 11.5. The summed E-state index contributed by atoms with van der Waals surface area (Å²) in [6, 6.07) is 14.9. The summed E-state index contributed by atoms with van der Waals surface area (Å²) < 4.78 is -0.764. The van der Waals surface area contributed by atoms with E-state index in [0.717, 1.165) is 5.06 Å². The molecule has 1 N–H and O–H groups in total. The van der Waals surface area contributed by atoms with E-state index >= 15 is 0 Å². The fourth-order valence-electron chi connectivity index (χ4n) is 1.55. The minimum Gasteiger partial charge on any atom is -0.754 e. The number of nitrogens with one attached hydrogen (secondary N) is 1. The minimum absolute atomic E-state index is 0.140. The molecule has 2 rings (SSSR count). The van der Waals surface area contributed by atoms with Crippen molar-refractivity contribution in [3.05, 3.63) is 70.9 Å². The lowest BCUT2D eigenvalue weighted by atomic mass is 10.2. The summed E-state index contributed by atoms with van der Waals surface area (Å²) in [5, 5.41) is 24.5. The number of para-hydroxylation sites is 1. The Balaban J connectivity index is 2.09. The highest BCUT2D eigenvalue weighted by atomic mass is 16.9. The van der Waals surface area contributed by atoms with Crippen molar-refractivity contribution in [2.45, 2.75) is 0 Å². The number of nitrogens with zero attached hydrogens (tertiary/aromatic N) is 3. The lowest BCUT2D eigenvalue weighted by Crippen LogP contribution is -2.47. The quantitative estimate of drug-likeness (QED) is 0.622. The van der Waals surface area contributed by atoms with Gasteiger partial charge >= 0.3 is 0 Å². The summed E-state index contributed by atoms with van der Waals surface area (Å²) in [4.78, 5) is 4.96. The molecule has 0 aromatic heterocycles. The third-order valence-electron chi connectivity index (χ3n) is 2.65. The SMILES string of the molecule is C[N+](C)([NH-])N([O-])Oc1ccc(N([O-])c2ccccc2)cc1. The van der Waals surface area contributed by atoms with Crippen LogP contribution in [0.3, 0.4) is 0 Å². The Bertz CT molecular complexity index is 569. The average Bonchev–Trinajstić information content (AvgIpc) is 2.47. The molecule has 0 unspecified atom stereocenters. The number of quaternary nitrogens is 1. The van der Waals surface area contributed by atoms with Gasteiger partial charge in [0.2, 0.25) is 0 Å². The second-order valence-electron chi connectivity index (χ2n) is 4.85. The molecule has 112 valence electrons. The Hall–Kier alpha value is -2.16. The van der Waals surface area contributed by atoms with Gasteiger partial charge in [-0.3, -0.25) is 4.70 Å². The van der Waals surface area contributed by atoms with Gasteiger partial charge in [-0.25, -0.2) is 0 Å². The fraction of sp³-hybridized carbons (Fsp3) is 0.143. The van der Waals surface area contributed by atoms with Crippen LogP contribution in [0.2, 0.25) is 0 Å². The second kappa shape index (κ2) is 6.08. The standard InChI is InChI=1S/C14H16N4O3/c1-18(2,15)17(20)21-14-10-8-13(9-11-14)16(19)12-6-4-3-5-7-12/h3-11,15H,1-2H3/q-2. The molecule has 0 saturated carbocycles. The molecule has 0 aliphatic heterocycles. The molecular weight excluding hydrogens is 272 g/mol. The van der Waals surface area contributed by atoms with Gasteiger partial charge in [0.15, 0.2) is 5.75 Å². The molecule has 2 aromatic carbocycles. The van der Waals surface area contributed by atoms with Gasteiger partial charge in [0.25, 0.3) is 0 Å². The van der Waals surface area contributed by atoms with Crippen molar-refractivity contribution in [1.82, 2.24) is 5.34 Å². The number of hydrogen-bond donors (Lipinski definition) is 0. The monoisotopic (exact) mass is 288 g/mol. The molecule has 0 atom stereocenters. The van der Waals surface area contributed by atoms with Gasteiger partial charge in [0.05, 0.1) is 14.1 Å². The maximum absolute atomic E-state index is 12.1. The predicted molar refractivity (Wildman–Crippen MR) is 80.7 cm³/mol. The predicted octanol–water partition coefficient (Wildman–Crippen LogP) is 3.37. The molecule has 0 amide bonds. The van der Waals surface area contributed by atoms with Crippen LogP contribution in [0.4, 0.5) is 11.4 Å². The lowest BCUT2D eigenvalue weighted by Gasteiger charge is -2.44. The molecule has 0 aliphatic carbocycles. The Kier molecular flexibility index (Phi) is 4.41. The number of benzene rings is 2. The van der Waals surface area contributed by atoms with Crippen LogP contribution in [0.1, 0.15) is 0 Å². The van der Waals surface area contributed by atoms with Crippen molar-refractivity contribution in [1.29, 1.82) is 0 Å². The molecule has 0 heterocycles. The van der Waals surface area contributed by atoms with Crippen LogP contribution in [0, 0.1) is 10.4 Å². The maximum Gasteiger partial charge on any atom is 0.152 e. The number of rotatable bonds is 5. The van der Waals surface area contributed by atoms with Gasteiger partial charge < -0.3 is 26.2 Å². The topological polar surface area (TPSA) is 85.6 Å². The molecule has 0 bridgehead atoms. The lowest BCUT2D eigenvalue weighted by molar-refractivity contribution is -0.984. The van der Waals surface area contributed by atoms with E-state index in [9.17, 15) is 10.4 Å². The summed E-state index contributed by atoms with van der Waals surface area (Å²) in [7, 11) is 2.71. The molecule has 0 fully saturated rings. The zero-order valence-corrected chi connectivity index (χ0v) is 11.8. The van der Waals surface area contributed by atoms with Crippen molar-refractivity contribution < 1.29 is 9.54 Å². The highest BCUT2D eigenvalue weighted by Crippen LogP contribution is 2.26. The first-order chi connectivity index (χ1) is 9.88. The Morgan fingerprint density at radius 2 is 1.43 bits per heavy atom. The first-order valence-electron chi connectivity index (χ1n) is 6.25. The molecule has 7 heteroatoms. The van der Waals surface area contributed by atoms with E-state index in [2.05, 4.69) is 0 Å². The maximum atomic E-state index is 12.1. The summed E-state index contributed by atoms with van der Waals surface area (Å²) in [5.41, 5.74) is 0.936. The second-order valence-corrected chi connectivity index (χ2v) is 4.85. The Morgan fingerprint density at radius 1 is 0.905 bits per heavy atom. The molecular formula is C14H16N4O3-2. The summed E-state index contributed by atoms with van der Waals surface area (Å²) in [5.74, 6) is 7.74. The summed E-state index contributed by atoms with van der Waals surface area (Å²) >= 11 is 0. The van der Waals surface area contributed by atoms with Crippen LogP contribution in [-0.4, -0.2) is 24.1 Å². The molecule has 2 aromatic rings. The van der Waals surface area contributed by atoms with Crippen molar-refractivity contribution in [2.24, 2.45) is 0 Å². The van der Waals surface area contributed by atoms with Crippen molar-refractivity contribution >= 4 is 11.4 Å². The first-order valence-corrected chi connectivity index (χ1v) is 6.25. The van der Waals surface area contributed by atoms with Crippen LogP contribution >= 0.6 is 0 Å². The average molecular weight is 288 g/mol. The van der Waals surface area contributed by atoms with Crippen LogP contribution in [0.5, 0.6) is 5.75 Å². The van der Waals surface area contributed by atoms with E-state index in [1.54, 1.807) is 36.4 Å². The van der Waals surface area contributed by atoms with Crippen molar-refractivity contribution in [3.63, 3.8) is 0 Å². The zero-order valence-electron chi connectivity index (χ0n) is 11.8. The zero-order chi connectivity index (χ0) is 15.5. The van der Waals surface area contributed by atoms with E-state index in [1.165, 1.54) is 26.2 Å². The van der Waals surface area contributed by atoms with Crippen molar-refractivity contribution in [2.75, 3.05) is 19.2 Å². The van der Waals surface area contributed by atoms with Crippen molar-refractivity contribution in [3.8, 4) is 5.75 Å². The smallest absolute Gasteiger partial charge is 0.152 e. The van der Waals surface area contributed by atoms with E-state index in [0.29, 0.717) is 11.4 Å².